The largest absolute Gasteiger partial charge is 0.416 e. The summed E-state index contributed by atoms with van der Waals surface area (Å²) < 4.78 is 37.1. The monoisotopic (exact) mass is 305 g/mol. The van der Waals surface area contributed by atoms with Crippen molar-refractivity contribution in [3.05, 3.63) is 27.7 Å². The molecule has 1 aromatic rings. The summed E-state index contributed by atoms with van der Waals surface area (Å²) >= 11 is 16.4. The Morgan fingerprint density at radius 2 is 1.71 bits per heavy atom. The minimum absolute atomic E-state index is 0.0908. The Balaban J connectivity index is 3.15. The van der Waals surface area contributed by atoms with Crippen LogP contribution in [0.5, 0.6) is 0 Å². The van der Waals surface area contributed by atoms with Gasteiger partial charge < -0.3 is 5.32 Å². The lowest BCUT2D eigenvalue weighted by Gasteiger charge is -2.12. The molecule has 0 aromatic heterocycles. The minimum atomic E-state index is -4.55. The average Bonchev–Trinajstić information content (AvgIpc) is 2.21. The number of hydrogen-bond donors (Lipinski definition) is 1. The number of alkyl halides is 4. The number of rotatable bonds is 2. The molecule has 0 spiro atoms. The van der Waals surface area contributed by atoms with Gasteiger partial charge in [-0.15, -0.1) is 11.6 Å². The van der Waals surface area contributed by atoms with E-state index < -0.39 is 17.6 Å². The van der Waals surface area contributed by atoms with Crippen molar-refractivity contribution in [2.45, 2.75) is 6.18 Å². The van der Waals surface area contributed by atoms with Crippen LogP contribution in [0.4, 0.5) is 18.9 Å². The normalized spacial score (nSPS) is 11.4. The van der Waals surface area contributed by atoms with Crippen molar-refractivity contribution in [2.24, 2.45) is 0 Å². The molecule has 17 heavy (non-hydrogen) atoms. The number of anilines is 1. The summed E-state index contributed by atoms with van der Waals surface area (Å²) in [6.07, 6.45) is -4.55. The molecule has 0 aliphatic heterocycles. The fourth-order valence-electron chi connectivity index (χ4n) is 1.03. The van der Waals surface area contributed by atoms with Crippen LogP contribution in [0.2, 0.25) is 10.0 Å². The Hall–Kier alpha value is -0.650. The van der Waals surface area contributed by atoms with Crippen molar-refractivity contribution in [1.29, 1.82) is 0 Å². The first-order valence-corrected chi connectivity index (χ1v) is 5.47. The Morgan fingerprint density at radius 3 is 2.06 bits per heavy atom. The lowest BCUT2D eigenvalue weighted by Crippen LogP contribution is -2.14. The molecule has 8 heteroatoms. The number of nitrogens with one attached hydrogen (secondary N) is 1. The van der Waals surface area contributed by atoms with E-state index >= 15 is 0 Å². The highest BCUT2D eigenvalue weighted by Crippen LogP contribution is 2.38. The van der Waals surface area contributed by atoms with Crippen molar-refractivity contribution < 1.29 is 18.0 Å². The van der Waals surface area contributed by atoms with E-state index in [9.17, 15) is 18.0 Å². The Kier molecular flexibility index (Phi) is 4.52. The number of carbonyl (C=O) groups is 1. The molecule has 0 saturated carbocycles. The number of carbonyl (C=O) groups excluding carboxylic acids is 1. The van der Waals surface area contributed by atoms with E-state index in [-0.39, 0.29) is 21.6 Å². The first kappa shape index (κ1) is 14.4. The van der Waals surface area contributed by atoms with Gasteiger partial charge in [-0.1, -0.05) is 23.2 Å². The maximum Gasteiger partial charge on any atom is 0.416 e. The molecular formula is C9H5Cl3F3NO. The molecule has 1 N–H and O–H groups in total. The van der Waals surface area contributed by atoms with Crippen LogP contribution in [0.25, 0.3) is 0 Å². The zero-order valence-corrected chi connectivity index (χ0v) is 10.3. The van der Waals surface area contributed by atoms with E-state index in [1.165, 1.54) is 0 Å². The third kappa shape index (κ3) is 3.66. The Morgan fingerprint density at radius 1 is 1.24 bits per heavy atom. The van der Waals surface area contributed by atoms with E-state index in [1.54, 1.807) is 0 Å². The van der Waals surface area contributed by atoms with Crippen molar-refractivity contribution in [2.75, 3.05) is 11.2 Å². The van der Waals surface area contributed by atoms with Gasteiger partial charge >= 0.3 is 6.18 Å². The van der Waals surface area contributed by atoms with Gasteiger partial charge in [0.2, 0.25) is 5.91 Å². The molecule has 0 fully saturated rings. The summed E-state index contributed by atoms with van der Waals surface area (Å²) in [5.74, 6) is -0.969. The van der Waals surface area contributed by atoms with Crippen LogP contribution in [0, 0.1) is 0 Å². The quantitative estimate of drug-likeness (QED) is 0.816. The maximum atomic E-state index is 12.4. The smallest absolute Gasteiger partial charge is 0.323 e. The predicted molar refractivity (Wildman–Crippen MR) is 60.8 cm³/mol. The Bertz CT molecular complexity index is 425. The molecule has 1 rings (SSSR count). The van der Waals surface area contributed by atoms with Gasteiger partial charge in [-0.2, -0.15) is 13.2 Å². The summed E-state index contributed by atoms with van der Waals surface area (Å²) in [6.45, 7) is 0. The van der Waals surface area contributed by atoms with Gasteiger partial charge in [0, 0.05) is 0 Å². The molecule has 0 aliphatic carbocycles. The van der Waals surface area contributed by atoms with Crippen LogP contribution in [0.15, 0.2) is 12.1 Å². The van der Waals surface area contributed by atoms with Crippen LogP contribution in [-0.4, -0.2) is 11.8 Å². The second kappa shape index (κ2) is 5.33. The molecule has 0 aliphatic rings. The maximum absolute atomic E-state index is 12.4. The Labute approximate surface area is 110 Å². The van der Waals surface area contributed by atoms with Crippen molar-refractivity contribution in [3.63, 3.8) is 0 Å². The first-order valence-electron chi connectivity index (χ1n) is 4.17. The molecule has 0 bridgehead atoms. The van der Waals surface area contributed by atoms with E-state index in [0.29, 0.717) is 12.1 Å². The van der Waals surface area contributed by atoms with Gasteiger partial charge in [-0.05, 0) is 12.1 Å². The summed E-state index contributed by atoms with van der Waals surface area (Å²) in [6, 6.07) is 1.36. The second-order valence-electron chi connectivity index (χ2n) is 2.99. The van der Waals surface area contributed by atoms with Crippen molar-refractivity contribution >= 4 is 46.4 Å². The van der Waals surface area contributed by atoms with Gasteiger partial charge in [0.25, 0.3) is 0 Å². The molecule has 2 nitrogen and oxygen atoms in total. The molecule has 1 amide bonds. The summed E-state index contributed by atoms with van der Waals surface area (Å²) in [5.41, 5.74) is -1.08. The number of benzene rings is 1. The van der Waals surface area contributed by atoms with E-state index in [0.717, 1.165) is 0 Å². The summed E-state index contributed by atoms with van der Waals surface area (Å²) in [4.78, 5) is 11.0. The second-order valence-corrected chi connectivity index (χ2v) is 4.08. The molecule has 0 atom stereocenters. The van der Waals surface area contributed by atoms with Gasteiger partial charge in [0.1, 0.15) is 5.88 Å². The average molecular weight is 306 g/mol. The summed E-state index contributed by atoms with van der Waals surface area (Å²) in [5, 5.41) is 1.60. The summed E-state index contributed by atoms with van der Waals surface area (Å²) in [7, 11) is 0. The van der Waals surface area contributed by atoms with Crippen LogP contribution >= 0.6 is 34.8 Å². The number of hydrogen-bond acceptors (Lipinski definition) is 1. The van der Waals surface area contributed by atoms with Gasteiger partial charge in [0.15, 0.2) is 0 Å². The van der Waals surface area contributed by atoms with Crippen LogP contribution in [0.3, 0.4) is 0 Å². The first-order chi connectivity index (χ1) is 7.75. The lowest BCUT2D eigenvalue weighted by atomic mass is 10.2. The van der Waals surface area contributed by atoms with Gasteiger partial charge in [-0.25, -0.2) is 0 Å². The standard InChI is InChI=1S/C9H5Cl3F3NO/c10-3-7(17)16-8-5(11)1-4(2-6(8)12)9(13,14)15/h1-2H,3H2,(H,16,17). The topological polar surface area (TPSA) is 29.1 Å². The molecule has 0 heterocycles. The number of amides is 1. The van der Waals surface area contributed by atoms with Crippen molar-refractivity contribution in [3.8, 4) is 0 Å². The molecule has 1 aromatic carbocycles. The fourth-order valence-corrected chi connectivity index (χ4v) is 1.68. The molecule has 94 valence electrons. The SMILES string of the molecule is O=C(CCl)Nc1c(Cl)cc(C(F)(F)F)cc1Cl. The van der Waals surface area contributed by atoms with Crippen molar-refractivity contribution in [1.82, 2.24) is 0 Å². The van der Waals surface area contributed by atoms with E-state index in [2.05, 4.69) is 5.32 Å². The zero-order chi connectivity index (χ0) is 13.2. The molecular weight excluding hydrogens is 301 g/mol. The zero-order valence-electron chi connectivity index (χ0n) is 8.04. The van der Waals surface area contributed by atoms with E-state index in [4.69, 9.17) is 34.8 Å². The predicted octanol–water partition coefficient (Wildman–Crippen LogP) is 4.19. The minimum Gasteiger partial charge on any atom is -0.323 e. The van der Waals surface area contributed by atoms with E-state index in [1.807, 2.05) is 0 Å². The van der Waals surface area contributed by atoms with Gasteiger partial charge in [0.05, 0.1) is 21.3 Å². The lowest BCUT2D eigenvalue weighted by molar-refractivity contribution is -0.137. The third-order valence-electron chi connectivity index (χ3n) is 1.76. The van der Waals surface area contributed by atoms with Crippen LogP contribution < -0.4 is 5.32 Å². The van der Waals surface area contributed by atoms with Gasteiger partial charge in [-0.3, -0.25) is 4.79 Å². The highest BCUT2D eigenvalue weighted by Gasteiger charge is 2.32. The molecule has 0 radical (unpaired) electrons. The highest BCUT2D eigenvalue weighted by atomic mass is 35.5. The number of halogens is 6. The third-order valence-corrected chi connectivity index (χ3v) is 2.59. The molecule has 0 unspecified atom stereocenters. The van der Waals surface area contributed by atoms with Crippen LogP contribution in [-0.2, 0) is 11.0 Å². The fraction of sp³-hybridized carbons (Fsp3) is 0.222. The highest BCUT2D eigenvalue weighted by molar-refractivity contribution is 6.40. The van der Waals surface area contributed by atoms with Crippen LogP contribution in [0.1, 0.15) is 5.56 Å². The molecule has 0 saturated heterocycles.